The fourth-order valence-electron chi connectivity index (χ4n) is 1.27. The number of hydrogen-bond acceptors (Lipinski definition) is 4. The van der Waals surface area contributed by atoms with Gasteiger partial charge in [-0.05, 0) is 19.3 Å². The lowest BCUT2D eigenvalue weighted by Gasteiger charge is -2.20. The van der Waals surface area contributed by atoms with Crippen LogP contribution in [0, 0.1) is 5.92 Å². The summed E-state index contributed by atoms with van der Waals surface area (Å²) in [4.78, 5) is 11.6. The van der Waals surface area contributed by atoms with Gasteiger partial charge in [-0.15, -0.1) is 0 Å². The zero-order chi connectivity index (χ0) is 14.0. The van der Waals surface area contributed by atoms with Gasteiger partial charge in [0.25, 0.3) is 0 Å². The van der Waals surface area contributed by atoms with Gasteiger partial charge in [0, 0.05) is 13.2 Å². The summed E-state index contributed by atoms with van der Waals surface area (Å²) in [6.07, 6.45) is 0.969. The average molecular weight is 277 g/mol. The van der Waals surface area contributed by atoms with Crippen LogP contribution in [0.4, 0.5) is 0 Å². The van der Waals surface area contributed by atoms with Crippen molar-refractivity contribution in [3.05, 3.63) is 0 Å². The Balaban J connectivity index is 4.02. The number of rotatable bonds is 10. The van der Waals surface area contributed by atoms with Crippen LogP contribution in [0.1, 0.15) is 34.1 Å². The zero-order valence-electron chi connectivity index (χ0n) is 11.9. The van der Waals surface area contributed by atoms with E-state index in [1.165, 1.54) is 0 Å². The number of nitrogens with one attached hydrogen (secondary N) is 1. The van der Waals surface area contributed by atoms with Gasteiger partial charge in [-0.25, -0.2) is 0 Å². The van der Waals surface area contributed by atoms with Crippen molar-refractivity contribution in [2.75, 3.05) is 26.4 Å². The van der Waals surface area contributed by atoms with E-state index in [9.17, 15) is 4.79 Å². The van der Waals surface area contributed by atoms with Crippen LogP contribution in [0.15, 0.2) is 0 Å². The lowest BCUT2D eigenvalue weighted by atomic mass is 10.2. The molecule has 0 aromatic heterocycles. The Labute approximate surface area is 116 Å². The van der Waals surface area contributed by atoms with Gasteiger partial charge in [0.1, 0.15) is 0 Å². The standard InChI is InChI=1S/C13H27NO3S/c1-5-6-16-8-12(9-17-7-10(2)3)14-13(15)11(4)18/h10-12,18H,5-9H2,1-4H3,(H,14,15). The topological polar surface area (TPSA) is 47.6 Å². The molecule has 2 unspecified atom stereocenters. The third-order valence-electron chi connectivity index (χ3n) is 2.16. The van der Waals surface area contributed by atoms with Crippen molar-refractivity contribution in [3.63, 3.8) is 0 Å². The quantitative estimate of drug-likeness (QED) is 0.473. The van der Waals surface area contributed by atoms with E-state index in [2.05, 4.69) is 38.7 Å². The molecule has 0 saturated carbocycles. The van der Waals surface area contributed by atoms with E-state index in [0.717, 1.165) is 6.42 Å². The van der Waals surface area contributed by atoms with E-state index in [0.29, 0.717) is 32.3 Å². The monoisotopic (exact) mass is 277 g/mol. The van der Waals surface area contributed by atoms with E-state index >= 15 is 0 Å². The first-order valence-electron chi connectivity index (χ1n) is 6.61. The summed E-state index contributed by atoms with van der Waals surface area (Å²) in [7, 11) is 0. The predicted molar refractivity (Wildman–Crippen MR) is 77.1 cm³/mol. The zero-order valence-corrected chi connectivity index (χ0v) is 12.8. The molecular formula is C13H27NO3S. The molecule has 1 N–H and O–H groups in total. The Bertz CT molecular complexity index is 222. The molecule has 4 nitrogen and oxygen atoms in total. The average Bonchev–Trinajstić information content (AvgIpc) is 2.28. The van der Waals surface area contributed by atoms with Gasteiger partial charge in [0.2, 0.25) is 5.91 Å². The minimum Gasteiger partial charge on any atom is -0.379 e. The van der Waals surface area contributed by atoms with Crippen LogP contribution in [0.3, 0.4) is 0 Å². The Hall–Kier alpha value is -0.260. The molecule has 0 aromatic carbocycles. The molecule has 108 valence electrons. The molecule has 0 aromatic rings. The third-order valence-corrected chi connectivity index (χ3v) is 2.40. The summed E-state index contributed by atoms with van der Waals surface area (Å²) in [5, 5.41) is 2.57. The maximum atomic E-state index is 11.6. The third kappa shape index (κ3) is 9.74. The molecule has 1 amide bonds. The van der Waals surface area contributed by atoms with Crippen molar-refractivity contribution in [1.82, 2.24) is 5.32 Å². The number of ether oxygens (including phenoxy) is 2. The summed E-state index contributed by atoms with van der Waals surface area (Å²) in [5.74, 6) is 0.401. The van der Waals surface area contributed by atoms with Crippen molar-refractivity contribution in [2.24, 2.45) is 5.92 Å². The van der Waals surface area contributed by atoms with Crippen LogP contribution in [0.25, 0.3) is 0 Å². The van der Waals surface area contributed by atoms with E-state index < -0.39 is 0 Å². The van der Waals surface area contributed by atoms with Crippen LogP contribution in [0.2, 0.25) is 0 Å². The van der Waals surface area contributed by atoms with Crippen LogP contribution in [0.5, 0.6) is 0 Å². The van der Waals surface area contributed by atoms with Gasteiger partial charge in [-0.1, -0.05) is 20.8 Å². The van der Waals surface area contributed by atoms with Crippen LogP contribution in [-0.2, 0) is 14.3 Å². The summed E-state index contributed by atoms with van der Waals surface area (Å²) in [5.41, 5.74) is 0. The van der Waals surface area contributed by atoms with Crippen LogP contribution < -0.4 is 5.32 Å². The molecule has 5 heteroatoms. The van der Waals surface area contributed by atoms with Crippen molar-refractivity contribution in [1.29, 1.82) is 0 Å². The first-order chi connectivity index (χ1) is 8.47. The Morgan fingerprint density at radius 3 is 2.28 bits per heavy atom. The molecule has 0 spiro atoms. The number of thiol groups is 1. The van der Waals surface area contributed by atoms with E-state index in [-0.39, 0.29) is 17.2 Å². The lowest BCUT2D eigenvalue weighted by molar-refractivity contribution is -0.122. The Morgan fingerprint density at radius 1 is 1.17 bits per heavy atom. The van der Waals surface area contributed by atoms with Gasteiger partial charge in [-0.3, -0.25) is 4.79 Å². The Morgan fingerprint density at radius 2 is 1.78 bits per heavy atom. The van der Waals surface area contributed by atoms with Crippen LogP contribution in [-0.4, -0.2) is 43.6 Å². The maximum Gasteiger partial charge on any atom is 0.232 e. The maximum absolute atomic E-state index is 11.6. The van der Waals surface area contributed by atoms with Gasteiger partial charge in [0.15, 0.2) is 0 Å². The second-order valence-corrected chi connectivity index (χ2v) is 5.66. The molecule has 18 heavy (non-hydrogen) atoms. The molecule has 0 aliphatic carbocycles. The summed E-state index contributed by atoms with van der Waals surface area (Å²) in [6.45, 7) is 10.3. The highest BCUT2D eigenvalue weighted by Gasteiger charge is 2.15. The highest BCUT2D eigenvalue weighted by atomic mass is 32.1. The number of hydrogen-bond donors (Lipinski definition) is 2. The SMILES string of the molecule is CCCOCC(COCC(C)C)NC(=O)C(C)S. The van der Waals surface area contributed by atoms with Gasteiger partial charge in [-0.2, -0.15) is 12.6 Å². The minimum atomic E-state index is -0.316. The summed E-state index contributed by atoms with van der Waals surface area (Å²) >= 11 is 4.11. The fourth-order valence-corrected chi connectivity index (χ4v) is 1.34. The van der Waals surface area contributed by atoms with Crippen molar-refractivity contribution in [2.45, 2.75) is 45.4 Å². The van der Waals surface area contributed by atoms with E-state index in [1.54, 1.807) is 6.92 Å². The normalized spacial score (nSPS) is 14.6. The summed E-state index contributed by atoms with van der Waals surface area (Å²) < 4.78 is 11.0. The molecule has 0 heterocycles. The smallest absolute Gasteiger partial charge is 0.232 e. The molecule has 2 atom stereocenters. The van der Waals surface area contributed by atoms with Crippen molar-refractivity contribution < 1.29 is 14.3 Å². The molecule has 0 radical (unpaired) electrons. The molecule has 0 aliphatic rings. The molecular weight excluding hydrogens is 250 g/mol. The van der Waals surface area contributed by atoms with E-state index in [4.69, 9.17) is 9.47 Å². The molecule has 0 bridgehead atoms. The van der Waals surface area contributed by atoms with Crippen LogP contribution >= 0.6 is 12.6 Å². The lowest BCUT2D eigenvalue weighted by Crippen LogP contribution is -2.44. The largest absolute Gasteiger partial charge is 0.379 e. The predicted octanol–water partition coefficient (Wildman–Crippen LogP) is 1.89. The van der Waals surface area contributed by atoms with Crippen molar-refractivity contribution >= 4 is 18.5 Å². The van der Waals surface area contributed by atoms with Gasteiger partial charge in [0.05, 0.1) is 24.5 Å². The number of carbonyl (C=O) groups is 1. The van der Waals surface area contributed by atoms with Crippen molar-refractivity contribution in [3.8, 4) is 0 Å². The first kappa shape index (κ1) is 17.7. The molecule has 0 saturated heterocycles. The minimum absolute atomic E-state index is 0.0865. The summed E-state index contributed by atoms with van der Waals surface area (Å²) in [6, 6.07) is -0.0996. The number of carbonyl (C=O) groups excluding carboxylic acids is 1. The molecule has 0 rings (SSSR count). The fraction of sp³-hybridized carbons (Fsp3) is 0.923. The van der Waals surface area contributed by atoms with E-state index in [1.807, 2.05) is 0 Å². The molecule has 0 fully saturated rings. The second-order valence-electron chi connectivity index (χ2n) is 4.89. The molecule has 0 aliphatic heterocycles. The van der Waals surface area contributed by atoms with Gasteiger partial charge >= 0.3 is 0 Å². The highest BCUT2D eigenvalue weighted by molar-refractivity contribution is 7.81. The Kier molecular flexibility index (Phi) is 10.5. The van der Waals surface area contributed by atoms with Gasteiger partial charge < -0.3 is 14.8 Å². The highest BCUT2D eigenvalue weighted by Crippen LogP contribution is 1.98. The second kappa shape index (κ2) is 10.6. The first-order valence-corrected chi connectivity index (χ1v) is 7.12. The number of amides is 1.